The number of rotatable bonds is 5. The largest absolute Gasteiger partial charge is 0.489 e. The molecule has 4 rings (SSSR count). The van der Waals surface area contributed by atoms with Gasteiger partial charge in [0.2, 0.25) is 0 Å². The Morgan fingerprint density at radius 3 is 2.53 bits per heavy atom. The van der Waals surface area contributed by atoms with E-state index in [-0.39, 0.29) is 24.5 Å². The minimum absolute atomic E-state index is 0.0748. The van der Waals surface area contributed by atoms with Gasteiger partial charge in [0.15, 0.2) is 0 Å². The average Bonchev–Trinajstić information content (AvgIpc) is 3.37. The van der Waals surface area contributed by atoms with Gasteiger partial charge in [0.1, 0.15) is 23.5 Å². The van der Waals surface area contributed by atoms with Crippen molar-refractivity contribution in [2.75, 3.05) is 13.2 Å². The van der Waals surface area contributed by atoms with Gasteiger partial charge >= 0.3 is 12.1 Å². The van der Waals surface area contributed by atoms with E-state index in [2.05, 4.69) is 6.07 Å². The summed E-state index contributed by atoms with van der Waals surface area (Å²) in [6, 6.07) is 11.0. The quantitative estimate of drug-likeness (QED) is 0.539. The van der Waals surface area contributed by atoms with Crippen LogP contribution in [-0.2, 0) is 14.3 Å². The molecule has 1 saturated carbocycles. The maximum absolute atomic E-state index is 13.0. The molecule has 2 fully saturated rings. The lowest BCUT2D eigenvalue weighted by Gasteiger charge is -2.46. The zero-order valence-corrected chi connectivity index (χ0v) is 21.5. The summed E-state index contributed by atoms with van der Waals surface area (Å²) in [6.07, 6.45) is 6.29. The van der Waals surface area contributed by atoms with Crippen molar-refractivity contribution in [3.63, 3.8) is 0 Å². The normalized spacial score (nSPS) is 23.8. The molecular weight excluding hydrogens is 458 g/mol. The molecule has 1 aliphatic carbocycles. The van der Waals surface area contributed by atoms with Crippen molar-refractivity contribution in [3.05, 3.63) is 48.3 Å². The second kappa shape index (κ2) is 10.7. The van der Waals surface area contributed by atoms with Gasteiger partial charge < -0.3 is 18.8 Å². The van der Waals surface area contributed by atoms with Crippen LogP contribution in [-0.4, -0.2) is 52.4 Å². The number of benzene rings is 1. The number of amides is 1. The number of esters is 1. The van der Waals surface area contributed by atoms with Crippen molar-refractivity contribution >= 4 is 12.1 Å². The number of carbonyl (C=O) groups excluding carboxylic acids is 2. The number of aromatic nitrogens is 1. The number of likely N-dealkylation sites (tertiary alicyclic amines) is 1. The fourth-order valence-electron chi connectivity index (χ4n) is 5.25. The van der Waals surface area contributed by atoms with Gasteiger partial charge in [0.05, 0.1) is 18.3 Å². The average molecular weight is 494 g/mol. The van der Waals surface area contributed by atoms with E-state index < -0.39 is 23.7 Å². The molecule has 0 bridgehead atoms. The highest BCUT2D eigenvalue weighted by Crippen LogP contribution is 2.41. The van der Waals surface area contributed by atoms with Crippen molar-refractivity contribution in [3.8, 4) is 17.5 Å². The fraction of sp³-hybridized carbons (Fsp3) is 0.536. The molecule has 8 nitrogen and oxygen atoms in total. The first-order valence-corrected chi connectivity index (χ1v) is 12.7. The number of piperidine rings is 1. The SMILES string of the molecule is CCOC(=O)[C@@H]1C[C@H]2C[C@@H](Oc3cc(-n4cccc4)ccc3C#N)CC[C@H]2CN1C(=O)OC(C)(C)C. The summed E-state index contributed by atoms with van der Waals surface area (Å²) in [6.45, 7) is 7.94. The number of fused-ring (bicyclic) bond motifs is 1. The molecule has 0 spiro atoms. The molecule has 36 heavy (non-hydrogen) atoms. The van der Waals surface area contributed by atoms with Crippen molar-refractivity contribution < 1.29 is 23.8 Å². The Labute approximate surface area is 212 Å². The molecule has 1 aliphatic heterocycles. The lowest BCUT2D eigenvalue weighted by Crippen LogP contribution is -2.56. The second-order valence-corrected chi connectivity index (χ2v) is 10.6. The minimum Gasteiger partial charge on any atom is -0.489 e. The molecule has 1 saturated heterocycles. The number of hydrogen-bond acceptors (Lipinski definition) is 6. The second-order valence-electron chi connectivity index (χ2n) is 10.6. The molecule has 1 amide bonds. The molecule has 0 N–H and O–H groups in total. The van der Waals surface area contributed by atoms with E-state index in [9.17, 15) is 14.9 Å². The summed E-state index contributed by atoms with van der Waals surface area (Å²) >= 11 is 0. The molecule has 2 aromatic rings. The molecule has 4 atom stereocenters. The molecule has 0 radical (unpaired) electrons. The molecule has 8 heteroatoms. The Bertz CT molecular complexity index is 1120. The Hall–Kier alpha value is -3.47. The van der Waals surface area contributed by atoms with Crippen LogP contribution in [0, 0.1) is 23.2 Å². The number of ether oxygens (including phenoxy) is 3. The summed E-state index contributed by atoms with van der Waals surface area (Å²) < 4.78 is 19.3. The highest BCUT2D eigenvalue weighted by Gasteiger charge is 2.45. The Morgan fingerprint density at radius 1 is 1.11 bits per heavy atom. The van der Waals surface area contributed by atoms with E-state index in [0.29, 0.717) is 24.3 Å². The molecule has 2 heterocycles. The first kappa shape index (κ1) is 25.6. The summed E-state index contributed by atoms with van der Waals surface area (Å²) in [5, 5.41) is 9.63. The highest BCUT2D eigenvalue weighted by atomic mass is 16.6. The minimum atomic E-state index is -0.675. The zero-order valence-electron chi connectivity index (χ0n) is 21.5. The topological polar surface area (TPSA) is 93.8 Å². The van der Waals surface area contributed by atoms with Crippen LogP contribution >= 0.6 is 0 Å². The van der Waals surface area contributed by atoms with Gasteiger partial charge in [0.25, 0.3) is 0 Å². The van der Waals surface area contributed by atoms with Crippen LogP contribution < -0.4 is 4.74 Å². The van der Waals surface area contributed by atoms with Crippen LogP contribution in [0.2, 0.25) is 0 Å². The van der Waals surface area contributed by atoms with Crippen LogP contribution in [0.25, 0.3) is 5.69 Å². The van der Waals surface area contributed by atoms with Crippen LogP contribution in [0.3, 0.4) is 0 Å². The predicted octanol–water partition coefficient (Wildman–Crippen LogP) is 5.09. The van der Waals surface area contributed by atoms with E-state index in [0.717, 1.165) is 24.9 Å². The van der Waals surface area contributed by atoms with E-state index in [1.807, 2.05) is 62.0 Å². The molecular formula is C28H35N3O5. The van der Waals surface area contributed by atoms with Gasteiger partial charge in [-0.05, 0) is 89.5 Å². The van der Waals surface area contributed by atoms with E-state index in [1.54, 1.807) is 17.9 Å². The molecule has 0 unspecified atom stereocenters. The standard InChI is InChI=1S/C28H35N3O5/c1-5-34-26(32)24-15-21-14-23(11-9-20(21)18-31(24)27(33)36-28(2,3)4)35-25-16-22(10-8-19(25)17-29)30-12-6-7-13-30/h6-8,10,12-13,16,20-21,23-24H,5,9,11,14-15,18H2,1-4H3/t20-,21+,23-,24-/m0/s1. The Balaban J connectivity index is 1.49. The predicted molar refractivity (Wildman–Crippen MR) is 134 cm³/mol. The number of nitrogens with zero attached hydrogens (tertiary/aromatic N) is 3. The zero-order chi connectivity index (χ0) is 25.9. The van der Waals surface area contributed by atoms with Gasteiger partial charge in [-0.3, -0.25) is 4.90 Å². The van der Waals surface area contributed by atoms with Gasteiger partial charge in [-0.25, -0.2) is 9.59 Å². The molecule has 2 aliphatic rings. The third kappa shape index (κ3) is 5.84. The van der Waals surface area contributed by atoms with Crippen LogP contribution in [0.15, 0.2) is 42.7 Å². The third-order valence-electron chi connectivity index (χ3n) is 6.89. The number of carbonyl (C=O) groups is 2. The molecule has 1 aromatic heterocycles. The van der Waals surface area contributed by atoms with Crippen molar-refractivity contribution in [1.82, 2.24) is 9.47 Å². The lowest BCUT2D eigenvalue weighted by atomic mass is 9.72. The van der Waals surface area contributed by atoms with E-state index in [1.165, 1.54) is 0 Å². The van der Waals surface area contributed by atoms with Gasteiger partial charge in [-0.1, -0.05) is 0 Å². The Kier molecular flexibility index (Phi) is 7.58. The molecule has 192 valence electrons. The number of nitriles is 1. The van der Waals surface area contributed by atoms with Crippen molar-refractivity contribution in [2.45, 2.75) is 71.1 Å². The van der Waals surface area contributed by atoms with Crippen LogP contribution in [0.4, 0.5) is 4.79 Å². The smallest absolute Gasteiger partial charge is 0.411 e. The maximum Gasteiger partial charge on any atom is 0.411 e. The van der Waals surface area contributed by atoms with E-state index >= 15 is 0 Å². The van der Waals surface area contributed by atoms with Crippen LogP contribution in [0.5, 0.6) is 5.75 Å². The van der Waals surface area contributed by atoms with Gasteiger partial charge in [-0.2, -0.15) is 5.26 Å². The number of hydrogen-bond donors (Lipinski definition) is 0. The Morgan fingerprint density at radius 2 is 1.86 bits per heavy atom. The van der Waals surface area contributed by atoms with Gasteiger partial charge in [0, 0.05) is 30.7 Å². The third-order valence-corrected chi connectivity index (χ3v) is 6.89. The molecule has 1 aromatic carbocycles. The lowest BCUT2D eigenvalue weighted by molar-refractivity contribution is -0.153. The first-order chi connectivity index (χ1) is 17.2. The maximum atomic E-state index is 13.0. The van der Waals surface area contributed by atoms with Crippen LogP contribution in [0.1, 0.15) is 58.9 Å². The summed E-state index contributed by atoms with van der Waals surface area (Å²) in [4.78, 5) is 27.3. The fourth-order valence-corrected chi connectivity index (χ4v) is 5.25. The summed E-state index contributed by atoms with van der Waals surface area (Å²) in [5.41, 5.74) is 0.777. The van der Waals surface area contributed by atoms with Crippen molar-refractivity contribution in [1.29, 1.82) is 5.26 Å². The summed E-state index contributed by atoms with van der Waals surface area (Å²) in [7, 11) is 0. The van der Waals surface area contributed by atoms with E-state index in [4.69, 9.17) is 14.2 Å². The first-order valence-electron chi connectivity index (χ1n) is 12.7. The van der Waals surface area contributed by atoms with Gasteiger partial charge in [-0.15, -0.1) is 0 Å². The highest BCUT2D eigenvalue weighted by molar-refractivity contribution is 5.82. The van der Waals surface area contributed by atoms with Crippen molar-refractivity contribution in [2.24, 2.45) is 11.8 Å². The monoisotopic (exact) mass is 493 g/mol. The summed E-state index contributed by atoms with van der Waals surface area (Å²) in [5.74, 6) is 0.635.